The number of rotatable bonds is 3. The SMILES string of the molecule is Cc1nn(C)c2nc(N3CCC(O)(Cc4ccccc4)CC3)sc12. The van der Waals surface area contributed by atoms with Crippen LogP contribution in [0.25, 0.3) is 10.3 Å². The van der Waals surface area contributed by atoms with Gasteiger partial charge in [0.25, 0.3) is 0 Å². The number of aryl methyl sites for hydroxylation is 2. The Balaban J connectivity index is 1.47. The Labute approximate surface area is 145 Å². The van der Waals surface area contributed by atoms with E-state index in [0.29, 0.717) is 0 Å². The molecular formula is C18H22N4OS. The molecule has 24 heavy (non-hydrogen) atoms. The van der Waals surface area contributed by atoms with Crippen molar-refractivity contribution in [3.63, 3.8) is 0 Å². The van der Waals surface area contributed by atoms with Gasteiger partial charge in [0.05, 0.1) is 16.0 Å². The zero-order chi connectivity index (χ0) is 16.7. The van der Waals surface area contributed by atoms with Crippen LogP contribution in [0.1, 0.15) is 24.1 Å². The molecule has 4 rings (SSSR count). The number of hydrogen-bond donors (Lipinski definition) is 1. The maximum absolute atomic E-state index is 10.9. The van der Waals surface area contributed by atoms with Gasteiger partial charge in [-0.05, 0) is 25.3 Å². The second kappa shape index (κ2) is 5.86. The molecular weight excluding hydrogens is 320 g/mol. The molecule has 1 aliphatic rings. The van der Waals surface area contributed by atoms with Gasteiger partial charge in [-0.3, -0.25) is 0 Å². The monoisotopic (exact) mass is 342 g/mol. The number of thiazole rings is 1. The molecule has 0 spiro atoms. The van der Waals surface area contributed by atoms with E-state index < -0.39 is 5.60 Å². The van der Waals surface area contributed by atoms with Gasteiger partial charge in [0, 0.05) is 26.6 Å². The number of piperidine rings is 1. The second-order valence-corrected chi connectivity index (χ2v) is 7.71. The summed E-state index contributed by atoms with van der Waals surface area (Å²) in [4.78, 5) is 7.05. The summed E-state index contributed by atoms with van der Waals surface area (Å²) in [5, 5.41) is 16.4. The summed E-state index contributed by atoms with van der Waals surface area (Å²) in [7, 11) is 1.94. The van der Waals surface area contributed by atoms with Crippen LogP contribution in [0.15, 0.2) is 30.3 Å². The highest BCUT2D eigenvalue weighted by molar-refractivity contribution is 7.22. The van der Waals surface area contributed by atoms with Gasteiger partial charge in [-0.25, -0.2) is 9.67 Å². The second-order valence-electron chi connectivity index (χ2n) is 6.73. The Hall–Kier alpha value is -1.92. The van der Waals surface area contributed by atoms with E-state index in [1.54, 1.807) is 11.3 Å². The Bertz CT molecular complexity index is 812. The van der Waals surface area contributed by atoms with Crippen molar-refractivity contribution in [2.75, 3.05) is 18.0 Å². The molecule has 0 bridgehead atoms. The lowest BCUT2D eigenvalue weighted by Gasteiger charge is -2.38. The largest absolute Gasteiger partial charge is 0.389 e. The first-order chi connectivity index (χ1) is 11.5. The Morgan fingerprint density at radius 3 is 2.58 bits per heavy atom. The maximum Gasteiger partial charge on any atom is 0.188 e. The highest BCUT2D eigenvalue weighted by Gasteiger charge is 2.33. The van der Waals surface area contributed by atoms with Crippen molar-refractivity contribution >= 4 is 26.8 Å². The van der Waals surface area contributed by atoms with Crippen LogP contribution in [0.4, 0.5) is 5.13 Å². The first-order valence-electron chi connectivity index (χ1n) is 8.35. The van der Waals surface area contributed by atoms with Crippen LogP contribution in [0, 0.1) is 6.92 Å². The fraction of sp³-hybridized carbons (Fsp3) is 0.444. The van der Waals surface area contributed by atoms with Crippen molar-refractivity contribution in [2.24, 2.45) is 7.05 Å². The summed E-state index contributed by atoms with van der Waals surface area (Å²) < 4.78 is 3.01. The van der Waals surface area contributed by atoms with Gasteiger partial charge in [0.1, 0.15) is 0 Å². The van der Waals surface area contributed by atoms with Crippen LogP contribution >= 0.6 is 11.3 Å². The minimum atomic E-state index is -0.605. The van der Waals surface area contributed by atoms with Crippen LogP contribution in [-0.4, -0.2) is 38.6 Å². The summed E-state index contributed by atoms with van der Waals surface area (Å²) >= 11 is 1.71. The minimum Gasteiger partial charge on any atom is -0.389 e. The molecule has 1 N–H and O–H groups in total. The number of nitrogens with zero attached hydrogens (tertiary/aromatic N) is 4. The van der Waals surface area contributed by atoms with Gasteiger partial charge in [-0.2, -0.15) is 5.10 Å². The van der Waals surface area contributed by atoms with Crippen molar-refractivity contribution < 1.29 is 5.11 Å². The van der Waals surface area contributed by atoms with Crippen molar-refractivity contribution in [2.45, 2.75) is 31.8 Å². The molecule has 0 radical (unpaired) electrons. The molecule has 5 nitrogen and oxygen atoms in total. The van der Waals surface area contributed by atoms with Crippen LogP contribution in [0.2, 0.25) is 0 Å². The topological polar surface area (TPSA) is 54.2 Å². The molecule has 2 aromatic heterocycles. The Morgan fingerprint density at radius 2 is 1.92 bits per heavy atom. The van der Waals surface area contributed by atoms with E-state index in [2.05, 4.69) is 22.1 Å². The minimum absolute atomic E-state index is 0.605. The van der Waals surface area contributed by atoms with E-state index in [1.807, 2.05) is 36.9 Å². The zero-order valence-electron chi connectivity index (χ0n) is 14.1. The van der Waals surface area contributed by atoms with Crippen molar-refractivity contribution in [1.29, 1.82) is 0 Å². The summed E-state index contributed by atoms with van der Waals surface area (Å²) in [6.07, 6.45) is 2.27. The zero-order valence-corrected chi connectivity index (χ0v) is 14.9. The van der Waals surface area contributed by atoms with Gasteiger partial charge in [-0.15, -0.1) is 0 Å². The summed E-state index contributed by atoms with van der Waals surface area (Å²) in [6, 6.07) is 10.3. The number of aliphatic hydroxyl groups is 1. The first kappa shape index (κ1) is 15.6. The fourth-order valence-corrected chi connectivity index (χ4v) is 4.56. The average molecular weight is 342 g/mol. The fourth-order valence-electron chi connectivity index (χ4n) is 3.48. The molecule has 0 amide bonds. The number of fused-ring (bicyclic) bond motifs is 1. The smallest absolute Gasteiger partial charge is 0.188 e. The van der Waals surface area contributed by atoms with Crippen molar-refractivity contribution in [3.8, 4) is 0 Å². The Kier molecular flexibility index (Phi) is 3.81. The number of anilines is 1. The summed E-state index contributed by atoms with van der Waals surface area (Å²) in [5.41, 5.74) is 2.59. The quantitative estimate of drug-likeness (QED) is 0.795. The normalized spacial score (nSPS) is 17.5. The van der Waals surface area contributed by atoms with Gasteiger partial charge < -0.3 is 10.0 Å². The lowest BCUT2D eigenvalue weighted by molar-refractivity contribution is 0.0165. The highest BCUT2D eigenvalue weighted by Crippen LogP contribution is 2.34. The molecule has 1 fully saturated rings. The number of aromatic nitrogens is 3. The number of benzene rings is 1. The van der Waals surface area contributed by atoms with Gasteiger partial charge in [0.2, 0.25) is 0 Å². The summed E-state index contributed by atoms with van der Waals surface area (Å²) in [5.74, 6) is 0. The van der Waals surface area contributed by atoms with Crippen LogP contribution < -0.4 is 4.90 Å². The van der Waals surface area contributed by atoms with E-state index in [0.717, 1.165) is 53.5 Å². The molecule has 1 aromatic carbocycles. The van der Waals surface area contributed by atoms with Gasteiger partial charge in [-0.1, -0.05) is 41.7 Å². The van der Waals surface area contributed by atoms with E-state index >= 15 is 0 Å². The molecule has 1 saturated heterocycles. The third-order valence-electron chi connectivity index (χ3n) is 4.87. The lowest BCUT2D eigenvalue weighted by Crippen LogP contribution is -2.45. The third kappa shape index (κ3) is 2.80. The predicted molar refractivity (Wildman–Crippen MR) is 97.7 cm³/mol. The number of hydrogen-bond acceptors (Lipinski definition) is 5. The van der Waals surface area contributed by atoms with Gasteiger partial charge in [0.15, 0.2) is 10.8 Å². The molecule has 3 heterocycles. The van der Waals surface area contributed by atoms with Crippen LogP contribution in [0.5, 0.6) is 0 Å². The van der Waals surface area contributed by atoms with E-state index in [9.17, 15) is 5.11 Å². The molecule has 3 aromatic rings. The van der Waals surface area contributed by atoms with E-state index in [4.69, 9.17) is 4.98 Å². The molecule has 0 atom stereocenters. The lowest BCUT2D eigenvalue weighted by atomic mass is 9.85. The molecule has 0 saturated carbocycles. The van der Waals surface area contributed by atoms with Crippen molar-refractivity contribution in [3.05, 3.63) is 41.6 Å². The van der Waals surface area contributed by atoms with Crippen molar-refractivity contribution in [1.82, 2.24) is 14.8 Å². The standard InChI is InChI=1S/C18H22N4OS/c1-13-15-16(21(2)20-13)19-17(24-15)22-10-8-18(23,9-11-22)12-14-6-4-3-5-7-14/h3-7,23H,8-12H2,1-2H3. The van der Waals surface area contributed by atoms with E-state index in [1.165, 1.54) is 5.56 Å². The molecule has 0 aliphatic carbocycles. The third-order valence-corrected chi connectivity index (χ3v) is 6.09. The van der Waals surface area contributed by atoms with Gasteiger partial charge >= 0.3 is 0 Å². The molecule has 1 aliphatic heterocycles. The maximum atomic E-state index is 10.9. The molecule has 126 valence electrons. The van der Waals surface area contributed by atoms with Crippen LogP contribution in [-0.2, 0) is 13.5 Å². The average Bonchev–Trinajstić information content (AvgIpc) is 3.11. The molecule has 6 heteroatoms. The summed E-state index contributed by atoms with van der Waals surface area (Å²) in [6.45, 7) is 3.71. The molecule has 0 unspecified atom stereocenters. The van der Waals surface area contributed by atoms with Crippen LogP contribution in [0.3, 0.4) is 0 Å². The highest BCUT2D eigenvalue weighted by atomic mass is 32.1. The first-order valence-corrected chi connectivity index (χ1v) is 9.17. The Morgan fingerprint density at radius 1 is 1.21 bits per heavy atom. The predicted octanol–water partition coefficient (Wildman–Crippen LogP) is 2.91. The van der Waals surface area contributed by atoms with E-state index in [-0.39, 0.29) is 0 Å².